The molecule has 0 aliphatic carbocycles. The third-order valence-electron chi connectivity index (χ3n) is 5.38. The number of benzene rings is 2. The van der Waals surface area contributed by atoms with E-state index in [4.69, 9.17) is 4.98 Å². The number of hydrogen-bond donors (Lipinski definition) is 0. The van der Waals surface area contributed by atoms with Crippen molar-refractivity contribution in [3.8, 4) is 0 Å². The number of anilines is 1. The molecule has 2 heterocycles. The molecule has 0 bridgehead atoms. The summed E-state index contributed by atoms with van der Waals surface area (Å²) in [6.45, 7) is 2.29. The van der Waals surface area contributed by atoms with E-state index >= 15 is 0 Å². The third-order valence-corrected chi connectivity index (χ3v) is 5.38. The van der Waals surface area contributed by atoms with Crippen molar-refractivity contribution in [3.05, 3.63) is 72.4 Å². The van der Waals surface area contributed by atoms with Crippen LogP contribution in [0, 0.1) is 5.92 Å². The summed E-state index contributed by atoms with van der Waals surface area (Å²) in [4.78, 5) is 7.21. The summed E-state index contributed by atoms with van der Waals surface area (Å²) in [5.74, 6) is 1.94. The maximum absolute atomic E-state index is 4.72. The molecule has 0 saturated carbocycles. The molecule has 1 unspecified atom stereocenters. The van der Waals surface area contributed by atoms with Gasteiger partial charge < -0.3 is 4.90 Å². The number of rotatable bonds is 5. The van der Waals surface area contributed by atoms with Gasteiger partial charge in [0.1, 0.15) is 5.82 Å². The van der Waals surface area contributed by atoms with E-state index < -0.39 is 0 Å². The molecule has 1 saturated heterocycles. The van der Waals surface area contributed by atoms with E-state index in [-0.39, 0.29) is 0 Å². The standard InChI is InChI=1S/C23H26N2/c1-2-8-19(9-3-1)10-6-11-20-12-7-15-25(18-20)23-16-21-13-4-5-14-22(21)17-24-23/h1-5,8-9,13-14,16-17,20H,6-7,10-12,15,18H2. The molecule has 1 atom stereocenters. The van der Waals surface area contributed by atoms with Gasteiger partial charge in [-0.3, -0.25) is 0 Å². The summed E-state index contributed by atoms with van der Waals surface area (Å²) in [6.07, 6.45) is 8.46. The molecule has 2 nitrogen and oxygen atoms in total. The Kier molecular flexibility index (Phi) is 4.96. The lowest BCUT2D eigenvalue weighted by atomic mass is 9.92. The molecule has 3 aromatic rings. The Morgan fingerprint density at radius 1 is 0.960 bits per heavy atom. The second-order valence-corrected chi connectivity index (χ2v) is 7.22. The van der Waals surface area contributed by atoms with Gasteiger partial charge in [-0.25, -0.2) is 4.98 Å². The number of nitrogens with zero attached hydrogens (tertiary/aromatic N) is 2. The summed E-state index contributed by atoms with van der Waals surface area (Å²) in [5, 5.41) is 2.52. The topological polar surface area (TPSA) is 16.1 Å². The van der Waals surface area contributed by atoms with Crippen molar-refractivity contribution >= 4 is 16.6 Å². The van der Waals surface area contributed by atoms with Crippen LogP contribution in [-0.2, 0) is 6.42 Å². The molecule has 0 N–H and O–H groups in total. The zero-order valence-electron chi connectivity index (χ0n) is 14.8. The highest BCUT2D eigenvalue weighted by Gasteiger charge is 2.20. The quantitative estimate of drug-likeness (QED) is 0.616. The van der Waals surface area contributed by atoms with Gasteiger partial charge in [0, 0.05) is 24.7 Å². The number of fused-ring (bicyclic) bond motifs is 1. The zero-order chi connectivity index (χ0) is 16.9. The van der Waals surface area contributed by atoms with E-state index in [2.05, 4.69) is 65.6 Å². The van der Waals surface area contributed by atoms with Crippen LogP contribution in [0.25, 0.3) is 10.8 Å². The molecule has 1 aliphatic rings. The van der Waals surface area contributed by atoms with E-state index in [1.165, 1.54) is 48.4 Å². The van der Waals surface area contributed by atoms with Crippen molar-refractivity contribution < 1.29 is 0 Å². The normalized spacial score (nSPS) is 17.8. The predicted molar refractivity (Wildman–Crippen MR) is 106 cm³/mol. The van der Waals surface area contributed by atoms with Crippen molar-refractivity contribution in [1.29, 1.82) is 0 Å². The fourth-order valence-electron chi connectivity index (χ4n) is 3.99. The average Bonchev–Trinajstić information content (AvgIpc) is 2.69. The van der Waals surface area contributed by atoms with Gasteiger partial charge in [0.2, 0.25) is 0 Å². The van der Waals surface area contributed by atoms with Crippen molar-refractivity contribution in [3.63, 3.8) is 0 Å². The fourth-order valence-corrected chi connectivity index (χ4v) is 3.99. The summed E-state index contributed by atoms with van der Waals surface area (Å²) < 4.78 is 0. The first kappa shape index (κ1) is 16.1. The van der Waals surface area contributed by atoms with Gasteiger partial charge in [0.25, 0.3) is 0 Å². The molecular weight excluding hydrogens is 304 g/mol. The lowest BCUT2D eigenvalue weighted by Crippen LogP contribution is -2.35. The van der Waals surface area contributed by atoms with Crippen LogP contribution in [0.1, 0.15) is 31.2 Å². The van der Waals surface area contributed by atoms with E-state index in [1.807, 2.05) is 6.20 Å². The molecule has 1 aliphatic heterocycles. The van der Waals surface area contributed by atoms with Gasteiger partial charge >= 0.3 is 0 Å². The Hall–Kier alpha value is -2.35. The second kappa shape index (κ2) is 7.69. The smallest absolute Gasteiger partial charge is 0.129 e. The Bertz CT molecular complexity index is 812. The minimum Gasteiger partial charge on any atom is -0.356 e. The van der Waals surface area contributed by atoms with Crippen LogP contribution >= 0.6 is 0 Å². The number of aryl methyl sites for hydroxylation is 1. The Morgan fingerprint density at radius 3 is 2.64 bits per heavy atom. The molecular formula is C23H26N2. The number of aromatic nitrogens is 1. The van der Waals surface area contributed by atoms with Crippen molar-refractivity contribution in [2.24, 2.45) is 5.92 Å². The van der Waals surface area contributed by atoms with Crippen LogP contribution in [0.4, 0.5) is 5.82 Å². The molecule has 4 rings (SSSR count). The molecule has 1 aromatic heterocycles. The number of piperidine rings is 1. The summed E-state index contributed by atoms with van der Waals surface area (Å²) in [7, 11) is 0. The van der Waals surface area contributed by atoms with Crippen LogP contribution in [-0.4, -0.2) is 18.1 Å². The first-order valence-corrected chi connectivity index (χ1v) is 9.52. The maximum Gasteiger partial charge on any atom is 0.129 e. The van der Waals surface area contributed by atoms with Gasteiger partial charge in [0.15, 0.2) is 0 Å². The minimum atomic E-state index is 0.797. The van der Waals surface area contributed by atoms with Crippen LogP contribution in [0.15, 0.2) is 66.9 Å². The zero-order valence-corrected chi connectivity index (χ0v) is 14.8. The summed E-state index contributed by atoms with van der Waals surface area (Å²) in [6, 6.07) is 21.6. The van der Waals surface area contributed by atoms with Gasteiger partial charge in [-0.1, -0.05) is 54.6 Å². The maximum atomic E-state index is 4.72. The molecule has 1 fully saturated rings. The van der Waals surface area contributed by atoms with Crippen molar-refractivity contribution in [1.82, 2.24) is 4.98 Å². The molecule has 0 spiro atoms. The molecule has 2 aromatic carbocycles. The van der Waals surface area contributed by atoms with Gasteiger partial charge in [-0.15, -0.1) is 0 Å². The Morgan fingerprint density at radius 2 is 1.76 bits per heavy atom. The molecule has 0 radical (unpaired) electrons. The van der Waals surface area contributed by atoms with E-state index in [1.54, 1.807) is 0 Å². The van der Waals surface area contributed by atoms with Gasteiger partial charge in [0.05, 0.1) is 0 Å². The van der Waals surface area contributed by atoms with Crippen LogP contribution in [0.5, 0.6) is 0 Å². The fraction of sp³-hybridized carbons (Fsp3) is 0.348. The lowest BCUT2D eigenvalue weighted by molar-refractivity contribution is 0.381. The first-order valence-electron chi connectivity index (χ1n) is 9.52. The molecule has 128 valence electrons. The highest BCUT2D eigenvalue weighted by molar-refractivity contribution is 5.83. The van der Waals surface area contributed by atoms with E-state index in [0.29, 0.717) is 0 Å². The van der Waals surface area contributed by atoms with Crippen molar-refractivity contribution in [2.45, 2.75) is 32.1 Å². The van der Waals surface area contributed by atoms with Crippen LogP contribution in [0.2, 0.25) is 0 Å². The van der Waals surface area contributed by atoms with Crippen LogP contribution in [0.3, 0.4) is 0 Å². The Labute approximate surface area is 150 Å². The SMILES string of the molecule is c1ccc(CCCC2CCCN(c3cc4ccccc4cn3)C2)cc1. The highest BCUT2D eigenvalue weighted by Crippen LogP contribution is 2.27. The predicted octanol–water partition coefficient (Wildman–Crippen LogP) is 5.47. The monoisotopic (exact) mass is 330 g/mol. The third kappa shape index (κ3) is 4.01. The summed E-state index contributed by atoms with van der Waals surface area (Å²) in [5.41, 5.74) is 1.46. The lowest BCUT2D eigenvalue weighted by Gasteiger charge is -2.33. The van der Waals surface area contributed by atoms with Crippen molar-refractivity contribution in [2.75, 3.05) is 18.0 Å². The molecule has 0 amide bonds. The summed E-state index contributed by atoms with van der Waals surface area (Å²) >= 11 is 0. The van der Waals surface area contributed by atoms with E-state index in [9.17, 15) is 0 Å². The van der Waals surface area contributed by atoms with Gasteiger partial charge in [-0.2, -0.15) is 0 Å². The highest BCUT2D eigenvalue weighted by atomic mass is 15.2. The molecule has 2 heteroatoms. The van der Waals surface area contributed by atoms with Gasteiger partial charge in [-0.05, 0) is 55.0 Å². The number of pyridine rings is 1. The second-order valence-electron chi connectivity index (χ2n) is 7.22. The average molecular weight is 330 g/mol. The van der Waals surface area contributed by atoms with E-state index in [0.717, 1.165) is 24.8 Å². The number of hydrogen-bond acceptors (Lipinski definition) is 2. The Balaban J connectivity index is 1.36. The first-order chi connectivity index (χ1) is 12.4. The minimum absolute atomic E-state index is 0.797. The largest absolute Gasteiger partial charge is 0.356 e. The van der Waals surface area contributed by atoms with Crippen LogP contribution < -0.4 is 4.90 Å². The molecule has 25 heavy (non-hydrogen) atoms.